The molecule has 10 heteroatoms. The van der Waals surface area contributed by atoms with E-state index < -0.39 is 10.0 Å². The second-order valence-electron chi connectivity index (χ2n) is 7.85. The number of nitrogens with zero attached hydrogens (tertiary/aromatic N) is 1. The van der Waals surface area contributed by atoms with Gasteiger partial charge in [-0.05, 0) is 55.7 Å². The first-order valence-corrected chi connectivity index (χ1v) is 13.0. The molecule has 2 amide bonds. The molecule has 1 aliphatic heterocycles. The normalized spacial score (nSPS) is 15.8. The molecule has 2 aromatic rings. The Hall–Kier alpha value is -2.62. The second-order valence-corrected chi connectivity index (χ2v) is 10.2. The van der Waals surface area contributed by atoms with Gasteiger partial charge in [-0.3, -0.25) is 13.9 Å². The van der Waals surface area contributed by atoms with E-state index in [2.05, 4.69) is 10.6 Å². The lowest BCUT2D eigenvalue weighted by atomic mass is 10.1. The summed E-state index contributed by atoms with van der Waals surface area (Å²) < 4.78 is 31.2. The molecule has 1 atom stereocenters. The minimum absolute atomic E-state index is 0.0223. The third-order valence-electron chi connectivity index (χ3n) is 5.24. The Morgan fingerprint density at radius 1 is 1.15 bits per heavy atom. The molecule has 178 valence electrons. The van der Waals surface area contributed by atoms with Crippen LogP contribution >= 0.6 is 11.6 Å². The summed E-state index contributed by atoms with van der Waals surface area (Å²) in [4.78, 5) is 25.1. The first-order chi connectivity index (χ1) is 15.7. The lowest BCUT2D eigenvalue weighted by molar-refractivity contribution is -0.116. The van der Waals surface area contributed by atoms with Gasteiger partial charge in [-0.1, -0.05) is 23.7 Å². The molecule has 0 aromatic heterocycles. The highest BCUT2D eigenvalue weighted by Crippen LogP contribution is 2.21. The van der Waals surface area contributed by atoms with E-state index in [1.165, 1.54) is 4.31 Å². The van der Waals surface area contributed by atoms with Crippen LogP contribution in [0.1, 0.15) is 36.0 Å². The smallest absolute Gasteiger partial charge is 0.253 e. The molecular formula is C23H28ClN3O5S. The number of halogens is 1. The number of hydrogen-bond acceptors (Lipinski definition) is 5. The van der Waals surface area contributed by atoms with E-state index in [-0.39, 0.29) is 30.9 Å². The van der Waals surface area contributed by atoms with Crippen molar-refractivity contribution in [2.45, 2.75) is 31.8 Å². The van der Waals surface area contributed by atoms with Crippen LogP contribution in [-0.2, 0) is 19.6 Å². The predicted octanol–water partition coefficient (Wildman–Crippen LogP) is 3.43. The SMILES string of the molecule is CS(=O)(=O)N(CCCC(=O)Nc1ccccc1C(=O)NC[C@@H]1CCCO1)c1ccc(Cl)cc1. The van der Waals surface area contributed by atoms with Crippen LogP contribution in [0.25, 0.3) is 0 Å². The largest absolute Gasteiger partial charge is 0.376 e. The fraction of sp³-hybridized carbons (Fsp3) is 0.391. The summed E-state index contributed by atoms with van der Waals surface area (Å²) in [5.74, 6) is -0.591. The summed E-state index contributed by atoms with van der Waals surface area (Å²) in [6.07, 6.45) is 3.43. The van der Waals surface area contributed by atoms with E-state index in [0.717, 1.165) is 19.1 Å². The number of para-hydroxylation sites is 1. The first kappa shape index (κ1) is 25.0. The van der Waals surface area contributed by atoms with Gasteiger partial charge in [0.05, 0.1) is 29.3 Å². The van der Waals surface area contributed by atoms with E-state index >= 15 is 0 Å². The van der Waals surface area contributed by atoms with Gasteiger partial charge in [0.2, 0.25) is 15.9 Å². The average Bonchev–Trinajstić information content (AvgIpc) is 3.29. The quantitative estimate of drug-likeness (QED) is 0.527. The maximum Gasteiger partial charge on any atom is 0.253 e. The number of amides is 2. The van der Waals surface area contributed by atoms with Crippen LogP contribution in [0.4, 0.5) is 11.4 Å². The van der Waals surface area contributed by atoms with Gasteiger partial charge in [-0.15, -0.1) is 0 Å². The van der Waals surface area contributed by atoms with Gasteiger partial charge in [0, 0.05) is 31.1 Å². The summed E-state index contributed by atoms with van der Waals surface area (Å²) in [5, 5.41) is 6.12. The molecule has 1 saturated heterocycles. The standard InChI is InChI=1S/C23H28ClN3O5S/c1-33(30,31)27(18-12-10-17(24)11-13-18)14-4-9-22(28)26-21-8-3-2-7-20(21)23(29)25-16-19-6-5-15-32-19/h2-3,7-8,10-13,19H,4-6,9,14-16H2,1H3,(H,25,29)(H,26,28)/t19-/m0/s1. The molecule has 0 radical (unpaired) electrons. The Morgan fingerprint density at radius 3 is 2.55 bits per heavy atom. The molecule has 8 nitrogen and oxygen atoms in total. The lowest BCUT2D eigenvalue weighted by Crippen LogP contribution is -2.32. The molecule has 0 aliphatic carbocycles. The fourth-order valence-electron chi connectivity index (χ4n) is 3.59. The van der Waals surface area contributed by atoms with Crippen LogP contribution in [0.5, 0.6) is 0 Å². The molecule has 0 spiro atoms. The summed E-state index contributed by atoms with van der Waals surface area (Å²) in [5.41, 5.74) is 1.25. The summed E-state index contributed by atoms with van der Waals surface area (Å²) >= 11 is 5.89. The molecule has 0 unspecified atom stereocenters. The Balaban J connectivity index is 1.56. The van der Waals surface area contributed by atoms with Crippen molar-refractivity contribution in [2.75, 3.05) is 35.6 Å². The van der Waals surface area contributed by atoms with Crippen molar-refractivity contribution in [3.63, 3.8) is 0 Å². The topological polar surface area (TPSA) is 105 Å². The van der Waals surface area contributed by atoms with E-state index in [1.54, 1.807) is 48.5 Å². The zero-order valence-electron chi connectivity index (χ0n) is 18.4. The summed E-state index contributed by atoms with van der Waals surface area (Å²) in [6.45, 7) is 1.27. The number of hydrogen-bond donors (Lipinski definition) is 2. The summed E-state index contributed by atoms with van der Waals surface area (Å²) in [7, 11) is -3.52. The van der Waals surface area contributed by atoms with Crippen molar-refractivity contribution in [1.82, 2.24) is 5.32 Å². The molecule has 2 N–H and O–H groups in total. The van der Waals surface area contributed by atoms with Gasteiger partial charge in [0.25, 0.3) is 5.91 Å². The number of nitrogens with one attached hydrogen (secondary N) is 2. The Labute approximate surface area is 199 Å². The van der Waals surface area contributed by atoms with Crippen molar-refractivity contribution in [2.24, 2.45) is 0 Å². The number of carbonyl (C=O) groups is 2. The second kappa shape index (κ2) is 11.5. The molecule has 1 fully saturated rings. The Morgan fingerprint density at radius 2 is 1.88 bits per heavy atom. The van der Waals surface area contributed by atoms with Gasteiger partial charge >= 0.3 is 0 Å². The van der Waals surface area contributed by atoms with Crippen molar-refractivity contribution in [1.29, 1.82) is 0 Å². The lowest BCUT2D eigenvalue weighted by Gasteiger charge is -2.22. The molecule has 33 heavy (non-hydrogen) atoms. The molecule has 0 saturated carbocycles. The van der Waals surface area contributed by atoms with Crippen molar-refractivity contribution < 1.29 is 22.7 Å². The zero-order valence-corrected chi connectivity index (χ0v) is 20.0. The van der Waals surface area contributed by atoms with Gasteiger partial charge in [-0.25, -0.2) is 8.42 Å². The van der Waals surface area contributed by atoms with Crippen molar-refractivity contribution >= 4 is 44.8 Å². The van der Waals surface area contributed by atoms with Crippen molar-refractivity contribution in [3.05, 3.63) is 59.1 Å². The van der Waals surface area contributed by atoms with Crippen LogP contribution in [0.3, 0.4) is 0 Å². The number of carbonyl (C=O) groups excluding carboxylic acids is 2. The Kier molecular flexibility index (Phi) is 8.71. The van der Waals surface area contributed by atoms with Gasteiger partial charge < -0.3 is 15.4 Å². The van der Waals surface area contributed by atoms with Gasteiger partial charge in [0.1, 0.15) is 0 Å². The van der Waals surface area contributed by atoms with Crippen LogP contribution in [0.2, 0.25) is 5.02 Å². The summed E-state index contributed by atoms with van der Waals surface area (Å²) in [6, 6.07) is 13.2. The number of anilines is 2. The van der Waals surface area contributed by atoms with E-state index in [1.807, 2.05) is 0 Å². The molecule has 1 aliphatic rings. The highest BCUT2D eigenvalue weighted by atomic mass is 35.5. The third-order valence-corrected chi connectivity index (χ3v) is 6.69. The van der Waals surface area contributed by atoms with Gasteiger partial charge in [0.15, 0.2) is 0 Å². The first-order valence-electron chi connectivity index (χ1n) is 10.8. The molecule has 0 bridgehead atoms. The van der Waals surface area contributed by atoms with Gasteiger partial charge in [-0.2, -0.15) is 0 Å². The van der Waals surface area contributed by atoms with Crippen LogP contribution in [0.15, 0.2) is 48.5 Å². The molecular weight excluding hydrogens is 466 g/mol. The Bertz CT molecular complexity index is 1070. The maximum atomic E-state index is 12.6. The van der Waals surface area contributed by atoms with Crippen molar-refractivity contribution in [3.8, 4) is 0 Å². The number of sulfonamides is 1. The average molecular weight is 494 g/mol. The van der Waals surface area contributed by atoms with Crippen LogP contribution in [-0.4, -0.2) is 52.3 Å². The maximum absolute atomic E-state index is 12.6. The highest BCUT2D eigenvalue weighted by Gasteiger charge is 2.20. The molecule has 1 heterocycles. The number of benzene rings is 2. The molecule has 3 rings (SSSR count). The fourth-order valence-corrected chi connectivity index (χ4v) is 4.68. The minimum Gasteiger partial charge on any atom is -0.376 e. The van der Waals surface area contributed by atoms with Crippen LogP contribution in [0, 0.1) is 0 Å². The number of rotatable bonds is 10. The number of ether oxygens (including phenoxy) is 1. The zero-order chi connectivity index (χ0) is 23.8. The van der Waals surface area contributed by atoms with E-state index in [4.69, 9.17) is 16.3 Å². The van der Waals surface area contributed by atoms with Crippen LogP contribution < -0.4 is 14.9 Å². The van der Waals surface area contributed by atoms with E-state index in [9.17, 15) is 18.0 Å². The van der Waals surface area contributed by atoms with E-state index in [0.29, 0.717) is 41.5 Å². The molecule has 2 aromatic carbocycles. The highest BCUT2D eigenvalue weighted by molar-refractivity contribution is 7.92. The predicted molar refractivity (Wildman–Crippen MR) is 129 cm³/mol. The third kappa shape index (κ3) is 7.45. The minimum atomic E-state index is -3.52. The monoisotopic (exact) mass is 493 g/mol.